The summed E-state index contributed by atoms with van der Waals surface area (Å²) in [4.78, 5) is 37.3. The van der Waals surface area contributed by atoms with Gasteiger partial charge in [-0.3, -0.25) is 0 Å². The van der Waals surface area contributed by atoms with Gasteiger partial charge in [-0.15, -0.1) is 0 Å². The maximum atomic E-state index is 5.45. The first-order valence-corrected chi connectivity index (χ1v) is 25.0. The van der Waals surface area contributed by atoms with Gasteiger partial charge in [0.2, 0.25) is 0 Å². The summed E-state index contributed by atoms with van der Waals surface area (Å²) in [5.41, 5.74) is 36.2. The molecule has 0 aromatic carbocycles. The minimum atomic E-state index is 0.881. The van der Waals surface area contributed by atoms with Gasteiger partial charge < -0.3 is 19.9 Å². The lowest BCUT2D eigenvalue weighted by atomic mass is 9.97. The molecule has 0 amide bonds. The zero-order valence-electron chi connectivity index (χ0n) is 42.7. The lowest BCUT2D eigenvalue weighted by Gasteiger charge is -2.04. The number of hydrogen-bond acceptors (Lipinski definition) is 4. The number of aromatic nitrogens is 8. The van der Waals surface area contributed by atoms with Crippen molar-refractivity contribution in [2.24, 2.45) is 0 Å². The van der Waals surface area contributed by atoms with Crippen LogP contribution >= 0.6 is 0 Å². The number of nitrogens with one attached hydrogen (secondary N) is 4. The molecule has 4 aliphatic rings. The number of H-pyrrole nitrogens is 4. The molecular weight excluding hydrogens is 833 g/mol. The van der Waals surface area contributed by atoms with Crippen molar-refractivity contribution in [3.63, 3.8) is 0 Å². The number of allylic oxidation sites excluding steroid dienone is 8. The first-order valence-electron chi connectivity index (χ1n) is 25.0. The number of fused-ring (bicyclic) bond motifs is 16. The van der Waals surface area contributed by atoms with Crippen molar-refractivity contribution in [1.29, 1.82) is 0 Å². The zero-order chi connectivity index (χ0) is 48.0. The predicted octanol–water partition coefficient (Wildman–Crippen LogP) is 16.3. The van der Waals surface area contributed by atoms with E-state index in [1.807, 2.05) is 0 Å². The molecule has 346 valence electrons. The lowest BCUT2D eigenvalue weighted by molar-refractivity contribution is 1.14. The van der Waals surface area contributed by atoms with E-state index in [0.29, 0.717) is 0 Å². The van der Waals surface area contributed by atoms with E-state index in [2.05, 4.69) is 165 Å². The fraction of sp³-hybridized carbons (Fsp3) is 0.333. The highest BCUT2D eigenvalue weighted by atomic mass is 14.8. The molecule has 8 nitrogen and oxygen atoms in total. The molecule has 0 saturated carbocycles. The summed E-state index contributed by atoms with van der Waals surface area (Å²) in [5.74, 6) is 0. The average Bonchev–Trinajstić information content (AvgIpc) is 4.18. The molecule has 0 radical (unpaired) electrons. The van der Waals surface area contributed by atoms with Crippen molar-refractivity contribution < 1.29 is 0 Å². The van der Waals surface area contributed by atoms with Gasteiger partial charge in [0, 0.05) is 55.3 Å². The molecule has 8 heteroatoms. The molecule has 6 aromatic rings. The van der Waals surface area contributed by atoms with Crippen LogP contribution in [0.4, 0.5) is 0 Å². The van der Waals surface area contributed by atoms with E-state index in [1.54, 1.807) is 0 Å². The molecule has 10 rings (SSSR count). The van der Waals surface area contributed by atoms with Gasteiger partial charge in [0.15, 0.2) is 0 Å². The second-order valence-corrected chi connectivity index (χ2v) is 19.2. The van der Waals surface area contributed by atoms with Crippen molar-refractivity contribution in [2.45, 2.75) is 135 Å². The molecule has 68 heavy (non-hydrogen) atoms. The normalized spacial score (nSPS) is 14.1. The van der Waals surface area contributed by atoms with Gasteiger partial charge in [-0.2, -0.15) is 0 Å². The first kappa shape index (κ1) is 45.0. The fourth-order valence-electron chi connectivity index (χ4n) is 11.7. The molecule has 0 aliphatic carbocycles. The minimum absolute atomic E-state index is 0.881. The standard InChI is InChI=1S/C60H66N8/c1-15-37-29(7)43-23-53-41(19-5)33(11)47(65-53)27-57-59(35(13)49(67-57)25-55-39(17-3)31(9)45(63-55)21-51(37)61-43)60-36(14)50-26-56-40(18-4)32(10)46(64-56)22-52-38(16-2)30(8)44(62-52)24-54-42(20-6)34(12)48(66-54)28-58(60)68-50/h21-28,61-62,67-68H,15-20H2,1-14H3. The second-order valence-electron chi connectivity index (χ2n) is 19.2. The third kappa shape index (κ3) is 7.00. The van der Waals surface area contributed by atoms with Crippen LogP contribution in [-0.2, 0) is 12.8 Å². The average molecular weight is 899 g/mol. The molecule has 6 aromatic heterocycles. The van der Waals surface area contributed by atoms with Gasteiger partial charge in [-0.05, 0) is 220 Å². The van der Waals surface area contributed by atoms with Crippen LogP contribution in [-0.4, -0.2) is 39.9 Å². The highest BCUT2D eigenvalue weighted by Gasteiger charge is 2.25. The summed E-state index contributed by atoms with van der Waals surface area (Å²) in [5, 5.41) is 0. The molecule has 0 saturated heterocycles. The first-order chi connectivity index (χ1) is 32.7. The van der Waals surface area contributed by atoms with Gasteiger partial charge in [-0.25, -0.2) is 19.9 Å². The molecule has 0 atom stereocenters. The van der Waals surface area contributed by atoms with Gasteiger partial charge in [0.25, 0.3) is 0 Å². The molecule has 16 bridgehead atoms. The van der Waals surface area contributed by atoms with Gasteiger partial charge in [0.1, 0.15) is 0 Å². The van der Waals surface area contributed by atoms with Crippen molar-refractivity contribution in [1.82, 2.24) is 39.9 Å². The SMILES string of the molecule is CCC1=C(C)c2cc3[nH]c(cc4nc(cc5[nH]c(cc1n2)c(C)c5CC)C(C)=C4CC)c(C)c3-c1c(C)c2cc3nc(cc4[nH]c(cc5nc(cc1[nH]2)C(C)=C5CC)c(C)c4CC)C(C)=C3CC. The van der Waals surface area contributed by atoms with Crippen LogP contribution in [0.1, 0.15) is 174 Å². The fourth-order valence-corrected chi connectivity index (χ4v) is 11.7. The highest BCUT2D eigenvalue weighted by molar-refractivity contribution is 6.04. The van der Waals surface area contributed by atoms with Crippen LogP contribution in [0.15, 0.2) is 48.5 Å². The number of rotatable bonds is 7. The van der Waals surface area contributed by atoms with E-state index >= 15 is 0 Å². The minimum Gasteiger partial charge on any atom is -0.355 e. The Morgan fingerprint density at radius 2 is 0.515 bits per heavy atom. The quantitative estimate of drug-likeness (QED) is 0.128. The van der Waals surface area contributed by atoms with Crippen LogP contribution < -0.4 is 0 Å². The Kier molecular flexibility index (Phi) is 11.3. The molecule has 10 heterocycles. The zero-order valence-corrected chi connectivity index (χ0v) is 42.7. The number of aromatic amines is 4. The van der Waals surface area contributed by atoms with Crippen molar-refractivity contribution >= 4 is 88.7 Å². The predicted molar refractivity (Wildman–Crippen MR) is 290 cm³/mol. The van der Waals surface area contributed by atoms with E-state index < -0.39 is 0 Å². The van der Waals surface area contributed by atoms with Gasteiger partial charge in [0.05, 0.1) is 45.6 Å². The highest BCUT2D eigenvalue weighted by Crippen LogP contribution is 2.43. The molecule has 0 fully saturated rings. The summed E-state index contributed by atoms with van der Waals surface area (Å²) in [6, 6.07) is 18.2. The summed E-state index contributed by atoms with van der Waals surface area (Å²) in [6.07, 6.45) is 5.37. The Bertz CT molecular complexity index is 3420. The van der Waals surface area contributed by atoms with E-state index in [9.17, 15) is 0 Å². The molecule has 0 unspecified atom stereocenters. The van der Waals surface area contributed by atoms with Crippen LogP contribution in [0.25, 0.3) is 99.8 Å². The molecular formula is C60H66N8. The van der Waals surface area contributed by atoms with Crippen molar-refractivity contribution in [2.75, 3.05) is 0 Å². The van der Waals surface area contributed by atoms with Gasteiger partial charge >= 0.3 is 0 Å². The smallest absolute Gasteiger partial charge is 0.0693 e. The Morgan fingerprint density at radius 3 is 0.779 bits per heavy atom. The Balaban J connectivity index is 1.37. The summed E-state index contributed by atoms with van der Waals surface area (Å²) >= 11 is 0. The Labute approximate surface area is 401 Å². The summed E-state index contributed by atoms with van der Waals surface area (Å²) < 4.78 is 0. The molecule has 4 aliphatic heterocycles. The third-order valence-corrected chi connectivity index (χ3v) is 15.7. The van der Waals surface area contributed by atoms with Crippen molar-refractivity contribution in [3.05, 3.63) is 127 Å². The van der Waals surface area contributed by atoms with Gasteiger partial charge in [-0.1, -0.05) is 41.5 Å². The summed E-state index contributed by atoms with van der Waals surface area (Å²) in [6.45, 7) is 31.3. The van der Waals surface area contributed by atoms with Crippen LogP contribution in [0.3, 0.4) is 0 Å². The number of hydrogen-bond donors (Lipinski definition) is 4. The monoisotopic (exact) mass is 899 g/mol. The maximum Gasteiger partial charge on any atom is 0.0693 e. The second kappa shape index (κ2) is 17.1. The maximum absolute atomic E-state index is 5.45. The van der Waals surface area contributed by atoms with Crippen LogP contribution in [0.2, 0.25) is 0 Å². The largest absolute Gasteiger partial charge is 0.355 e. The van der Waals surface area contributed by atoms with Crippen LogP contribution in [0.5, 0.6) is 0 Å². The number of nitrogens with zero attached hydrogens (tertiary/aromatic N) is 4. The Morgan fingerprint density at radius 1 is 0.279 bits per heavy atom. The third-order valence-electron chi connectivity index (χ3n) is 15.7. The Hall–Kier alpha value is -6.80. The topological polar surface area (TPSA) is 115 Å². The molecule has 0 spiro atoms. The molecule has 4 N–H and O–H groups in total. The van der Waals surface area contributed by atoms with E-state index in [1.165, 1.54) is 66.8 Å². The lowest BCUT2D eigenvalue weighted by Crippen LogP contribution is -1.84. The van der Waals surface area contributed by atoms with E-state index in [0.717, 1.165) is 150 Å². The number of aryl methyl sites for hydroxylation is 6. The van der Waals surface area contributed by atoms with E-state index in [4.69, 9.17) is 19.9 Å². The van der Waals surface area contributed by atoms with Crippen molar-refractivity contribution in [3.8, 4) is 11.1 Å². The van der Waals surface area contributed by atoms with Crippen LogP contribution in [0, 0.1) is 27.7 Å². The van der Waals surface area contributed by atoms with E-state index in [-0.39, 0.29) is 0 Å². The summed E-state index contributed by atoms with van der Waals surface area (Å²) in [7, 11) is 0.